The van der Waals surface area contributed by atoms with Crippen molar-refractivity contribution in [3.63, 3.8) is 0 Å². The number of nitrogens with one attached hydrogen (secondary N) is 1. The molecule has 2 aromatic rings. The van der Waals surface area contributed by atoms with E-state index in [-0.39, 0.29) is 10.7 Å². The molecule has 1 saturated heterocycles. The number of rotatable bonds is 5. The monoisotopic (exact) mass is 373 g/mol. The van der Waals surface area contributed by atoms with E-state index in [1.807, 2.05) is 19.1 Å². The van der Waals surface area contributed by atoms with E-state index < -0.39 is 18.5 Å². The number of esters is 1. The first kappa shape index (κ1) is 18.2. The van der Waals surface area contributed by atoms with E-state index in [0.717, 1.165) is 24.3 Å². The molecule has 6 nitrogen and oxygen atoms in total. The number of carbonyl (C=O) groups excluding carboxylic acids is 2. The number of nitrogens with zero attached hydrogens (tertiary/aromatic N) is 2. The largest absolute Gasteiger partial charge is 0.452 e. The second-order valence-corrected chi connectivity index (χ2v) is 6.52. The number of carbonyl (C=O) groups is 2. The van der Waals surface area contributed by atoms with Gasteiger partial charge in [-0.15, -0.1) is 0 Å². The number of pyridine rings is 1. The SMILES string of the molecule is Cc1cc(N2CCCC2)ccc1NC(=O)COC(=O)c1cccnc1Cl. The smallest absolute Gasteiger partial charge is 0.341 e. The molecule has 7 heteroatoms. The van der Waals surface area contributed by atoms with Crippen molar-refractivity contribution >= 4 is 34.9 Å². The first-order chi connectivity index (χ1) is 12.5. The number of hydrogen-bond donors (Lipinski definition) is 1. The summed E-state index contributed by atoms with van der Waals surface area (Å²) in [6, 6.07) is 9.00. The summed E-state index contributed by atoms with van der Waals surface area (Å²) in [7, 11) is 0. The van der Waals surface area contributed by atoms with Crippen LogP contribution < -0.4 is 10.2 Å². The molecule has 0 radical (unpaired) electrons. The maximum atomic E-state index is 12.1. The summed E-state index contributed by atoms with van der Waals surface area (Å²) in [6.45, 7) is 3.68. The van der Waals surface area contributed by atoms with Crippen molar-refractivity contribution in [1.29, 1.82) is 0 Å². The lowest BCUT2D eigenvalue weighted by Crippen LogP contribution is -2.22. The van der Waals surface area contributed by atoms with Gasteiger partial charge in [-0.3, -0.25) is 4.79 Å². The molecule has 1 aliphatic heterocycles. The van der Waals surface area contributed by atoms with Crippen LogP contribution in [0.25, 0.3) is 0 Å². The highest BCUT2D eigenvalue weighted by atomic mass is 35.5. The molecule has 0 saturated carbocycles. The average Bonchev–Trinajstić information content (AvgIpc) is 3.16. The van der Waals surface area contributed by atoms with Crippen LogP contribution in [0.15, 0.2) is 36.5 Å². The predicted molar refractivity (Wildman–Crippen MR) is 101 cm³/mol. The number of ether oxygens (including phenoxy) is 1. The molecular weight excluding hydrogens is 354 g/mol. The number of amides is 1. The maximum Gasteiger partial charge on any atom is 0.341 e. The van der Waals surface area contributed by atoms with Crippen LogP contribution in [0.1, 0.15) is 28.8 Å². The van der Waals surface area contributed by atoms with E-state index in [1.165, 1.54) is 25.1 Å². The average molecular weight is 374 g/mol. The van der Waals surface area contributed by atoms with Gasteiger partial charge in [0.15, 0.2) is 6.61 Å². The third-order valence-electron chi connectivity index (χ3n) is 4.27. The normalized spacial score (nSPS) is 13.5. The summed E-state index contributed by atoms with van der Waals surface area (Å²) in [6.07, 6.45) is 3.90. The summed E-state index contributed by atoms with van der Waals surface area (Å²) in [5.41, 5.74) is 2.96. The highest BCUT2D eigenvalue weighted by Crippen LogP contribution is 2.25. The van der Waals surface area contributed by atoms with Crippen molar-refractivity contribution in [3.05, 3.63) is 52.8 Å². The van der Waals surface area contributed by atoms with Gasteiger partial charge in [-0.05, 0) is 55.7 Å². The molecule has 0 atom stereocenters. The Morgan fingerprint density at radius 3 is 2.73 bits per heavy atom. The van der Waals surface area contributed by atoms with Crippen LogP contribution in [0.2, 0.25) is 5.15 Å². The van der Waals surface area contributed by atoms with Gasteiger partial charge in [-0.1, -0.05) is 11.6 Å². The Morgan fingerprint density at radius 1 is 1.27 bits per heavy atom. The van der Waals surface area contributed by atoms with Crippen molar-refractivity contribution in [3.8, 4) is 0 Å². The van der Waals surface area contributed by atoms with Crippen LogP contribution in [0.4, 0.5) is 11.4 Å². The van der Waals surface area contributed by atoms with E-state index in [9.17, 15) is 9.59 Å². The zero-order valence-corrected chi connectivity index (χ0v) is 15.3. The standard InChI is InChI=1S/C19H20ClN3O3/c1-13-11-14(23-9-2-3-10-23)6-7-16(13)22-17(24)12-26-19(25)15-5-4-8-21-18(15)20/h4-8,11H,2-3,9-10,12H2,1H3,(H,22,24). The first-order valence-corrected chi connectivity index (χ1v) is 8.85. The van der Waals surface area contributed by atoms with Crippen LogP contribution >= 0.6 is 11.6 Å². The molecule has 2 heterocycles. The molecule has 0 spiro atoms. The molecule has 1 aliphatic rings. The Balaban J connectivity index is 1.56. The van der Waals surface area contributed by atoms with E-state index in [1.54, 1.807) is 6.07 Å². The van der Waals surface area contributed by atoms with Gasteiger partial charge >= 0.3 is 5.97 Å². The zero-order chi connectivity index (χ0) is 18.5. The summed E-state index contributed by atoms with van der Waals surface area (Å²) < 4.78 is 5.00. The predicted octanol–water partition coefficient (Wildman–Crippen LogP) is 3.44. The minimum absolute atomic E-state index is 0.0475. The molecule has 1 N–H and O–H groups in total. The Bertz CT molecular complexity index is 819. The molecule has 3 rings (SSSR count). The van der Waals surface area contributed by atoms with E-state index in [4.69, 9.17) is 16.3 Å². The number of hydrogen-bond acceptors (Lipinski definition) is 5. The van der Waals surface area contributed by atoms with Crippen molar-refractivity contribution in [2.75, 3.05) is 29.9 Å². The fraction of sp³-hybridized carbons (Fsp3) is 0.316. The Hall–Kier alpha value is -2.60. The van der Waals surface area contributed by atoms with Gasteiger partial charge in [0, 0.05) is 30.7 Å². The molecule has 1 aromatic heterocycles. The summed E-state index contributed by atoms with van der Waals surface area (Å²) in [5.74, 6) is -1.09. The molecule has 1 fully saturated rings. The minimum atomic E-state index is -0.681. The van der Waals surface area contributed by atoms with Crippen molar-refractivity contribution in [2.45, 2.75) is 19.8 Å². The molecule has 136 valence electrons. The molecule has 0 unspecified atom stereocenters. The van der Waals surface area contributed by atoms with Crippen molar-refractivity contribution < 1.29 is 14.3 Å². The summed E-state index contributed by atoms with van der Waals surface area (Å²) in [4.78, 5) is 30.2. The number of halogens is 1. The van der Waals surface area contributed by atoms with Gasteiger partial charge in [0.1, 0.15) is 5.15 Å². The highest BCUT2D eigenvalue weighted by Gasteiger charge is 2.16. The maximum absolute atomic E-state index is 12.1. The van der Waals surface area contributed by atoms with Crippen LogP contribution in [-0.2, 0) is 9.53 Å². The first-order valence-electron chi connectivity index (χ1n) is 8.47. The lowest BCUT2D eigenvalue weighted by atomic mass is 10.1. The molecule has 1 amide bonds. The fourth-order valence-corrected chi connectivity index (χ4v) is 3.09. The number of aryl methyl sites for hydroxylation is 1. The van der Waals surface area contributed by atoms with E-state index >= 15 is 0 Å². The quantitative estimate of drug-likeness (QED) is 0.642. The zero-order valence-electron chi connectivity index (χ0n) is 14.5. The number of aromatic nitrogens is 1. The third-order valence-corrected chi connectivity index (χ3v) is 4.57. The van der Waals surface area contributed by atoms with E-state index in [0.29, 0.717) is 5.69 Å². The molecule has 26 heavy (non-hydrogen) atoms. The van der Waals surface area contributed by atoms with Crippen LogP contribution in [0.3, 0.4) is 0 Å². The van der Waals surface area contributed by atoms with Crippen molar-refractivity contribution in [2.24, 2.45) is 0 Å². The minimum Gasteiger partial charge on any atom is -0.452 e. The van der Waals surface area contributed by atoms with Crippen molar-refractivity contribution in [1.82, 2.24) is 4.98 Å². The second-order valence-electron chi connectivity index (χ2n) is 6.16. The number of benzene rings is 1. The van der Waals surface area contributed by atoms with Gasteiger partial charge in [0.2, 0.25) is 0 Å². The summed E-state index contributed by atoms with van der Waals surface area (Å²) >= 11 is 5.84. The molecular formula is C19H20ClN3O3. The highest BCUT2D eigenvalue weighted by molar-refractivity contribution is 6.32. The number of anilines is 2. The molecule has 1 aromatic carbocycles. The summed E-state index contributed by atoms with van der Waals surface area (Å²) in [5, 5.41) is 2.81. The topological polar surface area (TPSA) is 71.5 Å². The van der Waals surface area contributed by atoms with Crippen LogP contribution in [0, 0.1) is 6.92 Å². The van der Waals surface area contributed by atoms with Gasteiger partial charge in [0.25, 0.3) is 5.91 Å². The van der Waals surface area contributed by atoms with Gasteiger partial charge in [0.05, 0.1) is 5.56 Å². The Labute approximate surface area is 157 Å². The van der Waals surface area contributed by atoms with Gasteiger partial charge in [-0.25, -0.2) is 9.78 Å². The lowest BCUT2D eigenvalue weighted by molar-refractivity contribution is -0.119. The van der Waals surface area contributed by atoms with Crippen LogP contribution in [-0.4, -0.2) is 36.6 Å². The molecule has 0 aliphatic carbocycles. The fourth-order valence-electron chi connectivity index (χ4n) is 2.89. The van der Waals surface area contributed by atoms with E-state index in [2.05, 4.69) is 21.3 Å². The Kier molecular flexibility index (Phi) is 5.73. The third kappa shape index (κ3) is 4.32. The van der Waals surface area contributed by atoms with Gasteiger partial charge in [-0.2, -0.15) is 0 Å². The Morgan fingerprint density at radius 2 is 2.04 bits per heavy atom. The van der Waals surface area contributed by atoms with Gasteiger partial charge < -0.3 is 15.0 Å². The van der Waals surface area contributed by atoms with Crippen LogP contribution in [0.5, 0.6) is 0 Å². The second kappa shape index (κ2) is 8.19. The lowest BCUT2D eigenvalue weighted by Gasteiger charge is -2.19. The molecule has 0 bridgehead atoms.